The quantitative estimate of drug-likeness (QED) is 0.835. The Kier molecular flexibility index (Phi) is 4.96. The number of halogens is 2. The summed E-state index contributed by atoms with van der Waals surface area (Å²) in [6.45, 7) is 5.03. The van der Waals surface area contributed by atoms with Crippen LogP contribution in [0.4, 0.5) is 5.69 Å². The van der Waals surface area contributed by atoms with E-state index in [0.29, 0.717) is 27.9 Å². The highest BCUT2D eigenvalue weighted by Crippen LogP contribution is 2.31. The SMILES string of the molecule is C[C@@H]1C[C@@H](N[C@H](C)c2cc(Cl)c(N)c(Cl)c2)CCO1. The first-order valence-corrected chi connectivity index (χ1v) is 7.35. The van der Waals surface area contributed by atoms with E-state index in [1.165, 1.54) is 0 Å². The standard InChI is InChI=1S/C14H20Cl2N2O/c1-8-5-11(3-4-19-8)18-9(2)10-6-12(15)14(17)13(16)7-10/h6-9,11,18H,3-5,17H2,1-2H3/t8-,9-,11+/m1/s1. The highest BCUT2D eigenvalue weighted by atomic mass is 35.5. The van der Waals surface area contributed by atoms with Gasteiger partial charge in [-0.1, -0.05) is 23.2 Å². The van der Waals surface area contributed by atoms with Gasteiger partial charge in [-0.25, -0.2) is 0 Å². The van der Waals surface area contributed by atoms with Crippen LogP contribution in [0.3, 0.4) is 0 Å². The first-order valence-electron chi connectivity index (χ1n) is 6.59. The van der Waals surface area contributed by atoms with Gasteiger partial charge in [-0.05, 0) is 44.4 Å². The Labute approximate surface area is 124 Å². The van der Waals surface area contributed by atoms with E-state index in [-0.39, 0.29) is 6.04 Å². The second-order valence-corrected chi connectivity index (χ2v) is 6.00. The molecule has 1 aromatic carbocycles. The number of nitrogens with two attached hydrogens (primary N) is 1. The summed E-state index contributed by atoms with van der Waals surface area (Å²) in [5.74, 6) is 0. The van der Waals surface area contributed by atoms with Crippen LogP contribution in [0.5, 0.6) is 0 Å². The molecule has 0 bridgehead atoms. The van der Waals surface area contributed by atoms with Crippen molar-refractivity contribution >= 4 is 28.9 Å². The molecule has 5 heteroatoms. The average Bonchev–Trinajstić information content (AvgIpc) is 2.35. The van der Waals surface area contributed by atoms with Gasteiger partial charge in [0.1, 0.15) is 0 Å². The van der Waals surface area contributed by atoms with Crippen molar-refractivity contribution in [3.05, 3.63) is 27.7 Å². The Morgan fingerprint density at radius 2 is 2.00 bits per heavy atom. The molecule has 0 aromatic heterocycles. The van der Waals surface area contributed by atoms with Crippen molar-refractivity contribution < 1.29 is 4.74 Å². The molecule has 19 heavy (non-hydrogen) atoms. The summed E-state index contributed by atoms with van der Waals surface area (Å²) < 4.78 is 5.55. The molecular formula is C14H20Cl2N2O. The Morgan fingerprint density at radius 1 is 1.37 bits per heavy atom. The smallest absolute Gasteiger partial charge is 0.0693 e. The third-order valence-electron chi connectivity index (χ3n) is 3.57. The largest absolute Gasteiger partial charge is 0.396 e. The second-order valence-electron chi connectivity index (χ2n) is 5.19. The maximum absolute atomic E-state index is 6.07. The number of hydrogen-bond acceptors (Lipinski definition) is 3. The minimum absolute atomic E-state index is 0.186. The lowest BCUT2D eigenvalue weighted by Crippen LogP contribution is -2.39. The number of hydrogen-bond donors (Lipinski definition) is 2. The molecule has 0 unspecified atom stereocenters. The van der Waals surface area contributed by atoms with Crippen LogP contribution in [0.2, 0.25) is 10.0 Å². The second kappa shape index (κ2) is 6.31. The fraction of sp³-hybridized carbons (Fsp3) is 0.571. The van der Waals surface area contributed by atoms with Gasteiger partial charge in [0.2, 0.25) is 0 Å². The molecule has 3 atom stereocenters. The van der Waals surface area contributed by atoms with Crippen LogP contribution in [-0.2, 0) is 4.74 Å². The zero-order valence-corrected chi connectivity index (χ0v) is 12.8. The number of nitrogen functional groups attached to an aromatic ring is 1. The Bertz CT molecular complexity index is 430. The number of anilines is 1. The minimum atomic E-state index is 0.186. The lowest BCUT2D eigenvalue weighted by molar-refractivity contribution is 0.0116. The predicted molar refractivity (Wildman–Crippen MR) is 80.9 cm³/mol. The molecule has 0 saturated carbocycles. The Hall–Kier alpha value is -0.480. The van der Waals surface area contributed by atoms with E-state index in [1.807, 2.05) is 12.1 Å². The molecule has 1 saturated heterocycles. The molecule has 1 aromatic rings. The van der Waals surface area contributed by atoms with Gasteiger partial charge in [0.25, 0.3) is 0 Å². The third kappa shape index (κ3) is 3.76. The van der Waals surface area contributed by atoms with Crippen molar-refractivity contribution in [2.24, 2.45) is 0 Å². The van der Waals surface area contributed by atoms with Crippen LogP contribution < -0.4 is 11.1 Å². The number of benzene rings is 1. The van der Waals surface area contributed by atoms with E-state index in [2.05, 4.69) is 19.2 Å². The maximum Gasteiger partial charge on any atom is 0.0693 e. The van der Waals surface area contributed by atoms with E-state index >= 15 is 0 Å². The lowest BCUT2D eigenvalue weighted by Gasteiger charge is -2.30. The third-order valence-corrected chi connectivity index (χ3v) is 4.20. The number of nitrogens with one attached hydrogen (secondary N) is 1. The Balaban J connectivity index is 2.05. The van der Waals surface area contributed by atoms with Crippen LogP contribution in [0, 0.1) is 0 Å². The summed E-state index contributed by atoms with van der Waals surface area (Å²) >= 11 is 12.1. The summed E-state index contributed by atoms with van der Waals surface area (Å²) in [6, 6.07) is 4.41. The van der Waals surface area contributed by atoms with Crippen molar-refractivity contribution in [1.29, 1.82) is 0 Å². The van der Waals surface area contributed by atoms with Gasteiger partial charge < -0.3 is 15.8 Å². The molecule has 0 amide bonds. The predicted octanol–water partition coefficient (Wildman–Crippen LogP) is 3.79. The molecule has 3 nitrogen and oxygen atoms in total. The topological polar surface area (TPSA) is 47.3 Å². The maximum atomic E-state index is 6.07. The van der Waals surface area contributed by atoms with E-state index < -0.39 is 0 Å². The summed E-state index contributed by atoms with van der Waals surface area (Å²) in [5, 5.41) is 4.62. The first kappa shape index (κ1) is 14.9. The van der Waals surface area contributed by atoms with E-state index in [9.17, 15) is 0 Å². The number of rotatable bonds is 3. The van der Waals surface area contributed by atoms with Crippen LogP contribution in [-0.4, -0.2) is 18.8 Å². The molecule has 0 radical (unpaired) electrons. The molecule has 1 fully saturated rings. The van der Waals surface area contributed by atoms with E-state index in [1.54, 1.807) is 0 Å². The molecule has 0 aliphatic carbocycles. The van der Waals surface area contributed by atoms with Crippen LogP contribution in [0.25, 0.3) is 0 Å². The van der Waals surface area contributed by atoms with E-state index in [4.69, 9.17) is 33.7 Å². The Morgan fingerprint density at radius 3 is 2.58 bits per heavy atom. The molecule has 1 aliphatic heterocycles. The van der Waals surface area contributed by atoms with Crippen molar-refractivity contribution in [2.45, 2.75) is 44.9 Å². The van der Waals surface area contributed by atoms with E-state index in [0.717, 1.165) is 25.0 Å². The van der Waals surface area contributed by atoms with Gasteiger partial charge in [-0.2, -0.15) is 0 Å². The highest BCUT2D eigenvalue weighted by Gasteiger charge is 2.21. The zero-order valence-electron chi connectivity index (χ0n) is 11.2. The van der Waals surface area contributed by atoms with Crippen LogP contribution in [0.15, 0.2) is 12.1 Å². The summed E-state index contributed by atoms with van der Waals surface area (Å²) in [5.41, 5.74) is 7.25. The average molecular weight is 303 g/mol. The van der Waals surface area contributed by atoms with Gasteiger partial charge in [0.05, 0.1) is 21.8 Å². The summed E-state index contributed by atoms with van der Waals surface area (Å²) in [7, 11) is 0. The van der Waals surface area contributed by atoms with Crippen LogP contribution >= 0.6 is 23.2 Å². The van der Waals surface area contributed by atoms with Crippen molar-refractivity contribution in [3.63, 3.8) is 0 Å². The monoisotopic (exact) mass is 302 g/mol. The number of ether oxygens (including phenoxy) is 1. The highest BCUT2D eigenvalue weighted by molar-refractivity contribution is 6.38. The van der Waals surface area contributed by atoms with Gasteiger partial charge >= 0.3 is 0 Å². The fourth-order valence-corrected chi connectivity index (χ4v) is 2.96. The molecule has 3 N–H and O–H groups in total. The molecular weight excluding hydrogens is 283 g/mol. The van der Waals surface area contributed by atoms with Gasteiger partial charge in [-0.3, -0.25) is 0 Å². The minimum Gasteiger partial charge on any atom is -0.396 e. The summed E-state index contributed by atoms with van der Waals surface area (Å²) in [6.07, 6.45) is 2.38. The van der Waals surface area contributed by atoms with Crippen molar-refractivity contribution in [3.8, 4) is 0 Å². The molecule has 1 aliphatic rings. The van der Waals surface area contributed by atoms with Gasteiger partial charge in [0, 0.05) is 18.7 Å². The van der Waals surface area contributed by atoms with Gasteiger partial charge in [0.15, 0.2) is 0 Å². The summed E-state index contributed by atoms with van der Waals surface area (Å²) in [4.78, 5) is 0. The fourth-order valence-electron chi connectivity index (χ4n) is 2.45. The van der Waals surface area contributed by atoms with Crippen molar-refractivity contribution in [1.82, 2.24) is 5.32 Å². The lowest BCUT2D eigenvalue weighted by atomic mass is 10.0. The van der Waals surface area contributed by atoms with Gasteiger partial charge in [-0.15, -0.1) is 0 Å². The van der Waals surface area contributed by atoms with Crippen LogP contribution in [0.1, 0.15) is 38.3 Å². The normalized spacial score (nSPS) is 25.3. The zero-order chi connectivity index (χ0) is 14.0. The molecule has 0 spiro atoms. The molecule has 1 heterocycles. The molecule has 2 rings (SSSR count). The molecule has 106 valence electrons. The first-order chi connectivity index (χ1) is 8.97. The van der Waals surface area contributed by atoms with Crippen molar-refractivity contribution in [2.75, 3.05) is 12.3 Å².